The van der Waals surface area contributed by atoms with E-state index < -0.39 is 0 Å². The van der Waals surface area contributed by atoms with Crippen LogP contribution in [-0.4, -0.2) is 29.5 Å². The molecule has 1 atom stereocenters. The summed E-state index contributed by atoms with van der Waals surface area (Å²) in [7, 11) is 1.82. The maximum absolute atomic E-state index is 12.3. The van der Waals surface area contributed by atoms with Crippen molar-refractivity contribution in [3.05, 3.63) is 39.7 Å². The van der Waals surface area contributed by atoms with Gasteiger partial charge in [-0.25, -0.2) is 9.78 Å². The summed E-state index contributed by atoms with van der Waals surface area (Å²) in [6, 6.07) is 3.68. The van der Waals surface area contributed by atoms with Crippen LogP contribution in [0.2, 0.25) is 0 Å². The molecule has 0 radical (unpaired) electrons. The first-order valence-electron chi connectivity index (χ1n) is 7.90. The monoisotopic (exact) mass is 335 g/mol. The number of thiazole rings is 1. The molecule has 126 valence electrons. The SMILES string of the molecule is Cc1nc(C(C)C)sc1C(C)N(C)C(=O)NCCc1ccco1. The minimum absolute atomic E-state index is 0.00335. The normalized spacial score (nSPS) is 12.4. The summed E-state index contributed by atoms with van der Waals surface area (Å²) in [6.07, 6.45) is 2.34. The Balaban J connectivity index is 1.92. The summed E-state index contributed by atoms with van der Waals surface area (Å²) in [5, 5.41) is 4.05. The fraction of sp³-hybridized carbons (Fsp3) is 0.529. The van der Waals surface area contributed by atoms with Gasteiger partial charge < -0.3 is 14.6 Å². The highest BCUT2D eigenvalue weighted by Crippen LogP contribution is 2.31. The highest BCUT2D eigenvalue weighted by molar-refractivity contribution is 7.11. The van der Waals surface area contributed by atoms with Crippen molar-refractivity contribution in [3.63, 3.8) is 0 Å². The highest BCUT2D eigenvalue weighted by Gasteiger charge is 2.22. The van der Waals surface area contributed by atoms with Crippen LogP contribution in [0.4, 0.5) is 4.79 Å². The Labute approximate surface area is 141 Å². The van der Waals surface area contributed by atoms with Crippen LogP contribution in [0.3, 0.4) is 0 Å². The maximum atomic E-state index is 12.3. The molecule has 0 spiro atoms. The van der Waals surface area contributed by atoms with Crippen LogP contribution in [0.15, 0.2) is 22.8 Å². The molecule has 0 bridgehead atoms. The van der Waals surface area contributed by atoms with Gasteiger partial charge in [0.2, 0.25) is 0 Å². The van der Waals surface area contributed by atoms with Crippen molar-refractivity contribution in [2.75, 3.05) is 13.6 Å². The lowest BCUT2D eigenvalue weighted by Crippen LogP contribution is -2.39. The molecule has 23 heavy (non-hydrogen) atoms. The lowest BCUT2D eigenvalue weighted by atomic mass is 10.2. The predicted octanol–water partition coefficient (Wildman–Crippen LogP) is 4.11. The zero-order valence-corrected chi connectivity index (χ0v) is 15.2. The van der Waals surface area contributed by atoms with E-state index in [0.717, 1.165) is 21.3 Å². The number of nitrogens with zero attached hydrogens (tertiary/aromatic N) is 2. The average Bonchev–Trinajstić information content (AvgIpc) is 3.15. The number of carbonyl (C=O) groups excluding carboxylic acids is 1. The Bertz CT molecular complexity index is 634. The summed E-state index contributed by atoms with van der Waals surface area (Å²) in [5.74, 6) is 1.29. The summed E-state index contributed by atoms with van der Waals surface area (Å²) in [5.41, 5.74) is 1.02. The Morgan fingerprint density at radius 3 is 2.74 bits per heavy atom. The molecule has 2 aromatic heterocycles. The number of amides is 2. The van der Waals surface area contributed by atoms with E-state index in [0.29, 0.717) is 18.9 Å². The summed E-state index contributed by atoms with van der Waals surface area (Å²) < 4.78 is 5.26. The molecule has 2 aromatic rings. The number of urea groups is 1. The molecule has 0 fully saturated rings. The zero-order valence-electron chi connectivity index (χ0n) is 14.4. The average molecular weight is 335 g/mol. The first-order valence-corrected chi connectivity index (χ1v) is 8.72. The Morgan fingerprint density at radius 1 is 1.43 bits per heavy atom. The summed E-state index contributed by atoms with van der Waals surface area (Å²) in [6.45, 7) is 8.88. The number of nitrogens with one attached hydrogen (secondary N) is 1. The van der Waals surface area contributed by atoms with E-state index in [9.17, 15) is 4.79 Å². The molecule has 0 saturated heterocycles. The van der Waals surface area contributed by atoms with Crippen LogP contribution < -0.4 is 5.32 Å². The number of hydrogen-bond acceptors (Lipinski definition) is 4. The smallest absolute Gasteiger partial charge is 0.317 e. The molecule has 0 aliphatic carbocycles. The molecule has 0 aliphatic heterocycles. The van der Waals surface area contributed by atoms with Gasteiger partial charge in [-0.05, 0) is 26.0 Å². The van der Waals surface area contributed by atoms with Crippen molar-refractivity contribution in [1.29, 1.82) is 0 Å². The van der Waals surface area contributed by atoms with Crippen LogP contribution in [0.5, 0.6) is 0 Å². The van der Waals surface area contributed by atoms with Gasteiger partial charge in [-0.15, -0.1) is 11.3 Å². The standard InChI is InChI=1S/C17H25N3O2S/c1-11(2)16-19-12(3)15(23-16)13(4)20(5)17(21)18-9-8-14-7-6-10-22-14/h6-7,10-11,13H,8-9H2,1-5H3,(H,18,21). The minimum Gasteiger partial charge on any atom is -0.469 e. The van der Waals surface area contributed by atoms with Crippen molar-refractivity contribution >= 4 is 17.4 Å². The number of aryl methyl sites for hydroxylation is 1. The van der Waals surface area contributed by atoms with E-state index in [4.69, 9.17) is 4.42 Å². The Kier molecular flexibility index (Phi) is 5.82. The second-order valence-corrected chi connectivity index (χ2v) is 7.07. The van der Waals surface area contributed by atoms with Crippen LogP contribution in [-0.2, 0) is 6.42 Å². The first-order chi connectivity index (χ1) is 10.9. The van der Waals surface area contributed by atoms with E-state index >= 15 is 0 Å². The lowest BCUT2D eigenvalue weighted by Gasteiger charge is -2.24. The van der Waals surface area contributed by atoms with Gasteiger partial charge in [0, 0.05) is 30.8 Å². The number of furan rings is 1. The van der Waals surface area contributed by atoms with Gasteiger partial charge in [0.15, 0.2) is 0 Å². The van der Waals surface area contributed by atoms with Gasteiger partial charge in [0.25, 0.3) is 0 Å². The quantitative estimate of drug-likeness (QED) is 0.864. The van der Waals surface area contributed by atoms with Crippen LogP contribution in [0.1, 0.15) is 54.1 Å². The second kappa shape index (κ2) is 7.64. The largest absolute Gasteiger partial charge is 0.469 e. The molecule has 2 heterocycles. The third-order valence-corrected chi connectivity index (χ3v) is 5.48. The van der Waals surface area contributed by atoms with Gasteiger partial charge in [0.1, 0.15) is 5.76 Å². The molecule has 0 saturated carbocycles. The topological polar surface area (TPSA) is 58.4 Å². The molecule has 1 N–H and O–H groups in total. The van der Waals surface area contributed by atoms with Crippen LogP contribution >= 0.6 is 11.3 Å². The molecule has 2 rings (SSSR count). The van der Waals surface area contributed by atoms with Crippen LogP contribution in [0, 0.1) is 6.92 Å². The van der Waals surface area contributed by atoms with Crippen molar-refractivity contribution in [2.24, 2.45) is 0 Å². The maximum Gasteiger partial charge on any atom is 0.317 e. The van der Waals surface area contributed by atoms with E-state index in [1.807, 2.05) is 33.0 Å². The Hall–Kier alpha value is -1.82. The van der Waals surface area contributed by atoms with E-state index in [2.05, 4.69) is 24.1 Å². The third kappa shape index (κ3) is 4.34. The van der Waals surface area contributed by atoms with Crippen LogP contribution in [0.25, 0.3) is 0 Å². The van der Waals surface area contributed by atoms with Gasteiger partial charge >= 0.3 is 6.03 Å². The molecule has 6 heteroatoms. The first kappa shape index (κ1) is 17.5. The highest BCUT2D eigenvalue weighted by atomic mass is 32.1. The molecule has 1 unspecified atom stereocenters. The zero-order chi connectivity index (χ0) is 17.0. The minimum atomic E-state index is -0.0806. The van der Waals surface area contributed by atoms with E-state index in [1.54, 1.807) is 22.5 Å². The third-order valence-electron chi connectivity index (χ3n) is 3.85. The Morgan fingerprint density at radius 2 is 2.17 bits per heavy atom. The van der Waals surface area contributed by atoms with Crippen molar-refractivity contribution < 1.29 is 9.21 Å². The number of hydrogen-bond donors (Lipinski definition) is 1. The van der Waals surface area contributed by atoms with Crippen molar-refractivity contribution in [2.45, 2.75) is 46.1 Å². The molecular formula is C17H25N3O2S. The van der Waals surface area contributed by atoms with E-state index in [1.165, 1.54) is 0 Å². The molecule has 5 nitrogen and oxygen atoms in total. The number of rotatable bonds is 6. The molecule has 0 aliphatic rings. The molecule has 2 amide bonds. The van der Waals surface area contributed by atoms with E-state index in [-0.39, 0.29) is 12.1 Å². The fourth-order valence-electron chi connectivity index (χ4n) is 2.29. The predicted molar refractivity (Wildman–Crippen MR) is 92.9 cm³/mol. The fourth-order valence-corrected chi connectivity index (χ4v) is 3.45. The number of carbonyl (C=O) groups is 1. The van der Waals surface area contributed by atoms with Gasteiger partial charge in [-0.1, -0.05) is 13.8 Å². The second-order valence-electron chi connectivity index (χ2n) is 6.00. The number of aromatic nitrogens is 1. The summed E-state index contributed by atoms with van der Waals surface area (Å²) in [4.78, 5) is 19.8. The van der Waals surface area contributed by atoms with Crippen molar-refractivity contribution in [1.82, 2.24) is 15.2 Å². The van der Waals surface area contributed by atoms with Gasteiger partial charge in [-0.3, -0.25) is 0 Å². The molecular weight excluding hydrogens is 310 g/mol. The summed E-state index contributed by atoms with van der Waals surface area (Å²) >= 11 is 1.70. The van der Waals surface area contributed by atoms with Gasteiger partial charge in [0.05, 0.1) is 23.0 Å². The molecule has 0 aromatic carbocycles. The van der Waals surface area contributed by atoms with Crippen molar-refractivity contribution in [3.8, 4) is 0 Å². The van der Waals surface area contributed by atoms with Gasteiger partial charge in [-0.2, -0.15) is 0 Å². The lowest BCUT2D eigenvalue weighted by molar-refractivity contribution is 0.195.